The predicted octanol–water partition coefficient (Wildman–Crippen LogP) is 6.17. The van der Waals surface area contributed by atoms with E-state index in [1.54, 1.807) is 0 Å². The lowest BCUT2D eigenvalue weighted by atomic mass is 10.2. The van der Waals surface area contributed by atoms with E-state index in [0.29, 0.717) is 10.7 Å². The summed E-state index contributed by atoms with van der Waals surface area (Å²) in [6, 6.07) is 21.2. The average molecular weight is 389 g/mol. The van der Waals surface area contributed by atoms with Gasteiger partial charge in [0.25, 0.3) is 0 Å². The fraction of sp³-hybridized carbons (Fsp3) is 0. The van der Waals surface area contributed by atoms with Gasteiger partial charge in [-0.3, -0.25) is 0 Å². The molecule has 0 bridgehead atoms. The molecule has 0 aliphatic heterocycles. The molecule has 0 saturated carbocycles. The van der Waals surface area contributed by atoms with Crippen molar-refractivity contribution in [2.24, 2.45) is 0 Å². The molecule has 5 heteroatoms. The summed E-state index contributed by atoms with van der Waals surface area (Å²) < 4.78 is 0.978. The summed E-state index contributed by atoms with van der Waals surface area (Å²) in [5, 5.41) is 7.43. The van der Waals surface area contributed by atoms with Crippen molar-refractivity contribution in [3.05, 3.63) is 76.2 Å². The van der Waals surface area contributed by atoms with E-state index in [4.69, 9.17) is 17.3 Å². The molecule has 0 unspecified atom stereocenters. The monoisotopic (exact) mass is 387 g/mol. The van der Waals surface area contributed by atoms with E-state index in [2.05, 4.69) is 26.6 Å². The van der Waals surface area contributed by atoms with Crippen LogP contribution >= 0.6 is 27.5 Å². The molecule has 0 heterocycles. The highest BCUT2D eigenvalue weighted by molar-refractivity contribution is 9.10. The molecule has 3 rings (SSSR count). The van der Waals surface area contributed by atoms with Crippen LogP contribution in [0, 0.1) is 0 Å². The smallest absolute Gasteiger partial charge is 0.0635 e. The van der Waals surface area contributed by atoms with Crippen molar-refractivity contribution in [2.45, 2.75) is 0 Å². The van der Waals surface area contributed by atoms with Crippen LogP contribution in [0.2, 0.25) is 5.02 Å². The second-order valence-corrected chi connectivity index (χ2v) is 6.39. The van der Waals surface area contributed by atoms with Crippen LogP contribution in [0.1, 0.15) is 0 Å². The molecular weight excluding hydrogens is 374 g/mol. The number of benzene rings is 3. The van der Waals surface area contributed by atoms with Gasteiger partial charge in [0.1, 0.15) is 0 Å². The van der Waals surface area contributed by atoms with Crippen LogP contribution in [-0.4, -0.2) is 0 Å². The van der Waals surface area contributed by atoms with Gasteiger partial charge in [-0.25, -0.2) is 0 Å². The molecular formula is C18H15BrClN3. The van der Waals surface area contributed by atoms with Crippen LogP contribution in [0.5, 0.6) is 0 Å². The van der Waals surface area contributed by atoms with E-state index >= 15 is 0 Å². The van der Waals surface area contributed by atoms with Gasteiger partial charge in [-0.05, 0) is 48.5 Å². The van der Waals surface area contributed by atoms with Gasteiger partial charge in [0.05, 0.1) is 22.7 Å². The molecule has 0 saturated heterocycles. The van der Waals surface area contributed by atoms with Crippen LogP contribution in [-0.2, 0) is 0 Å². The molecule has 0 aromatic heterocycles. The zero-order chi connectivity index (χ0) is 16.2. The van der Waals surface area contributed by atoms with Crippen molar-refractivity contribution in [3.8, 4) is 0 Å². The highest BCUT2D eigenvalue weighted by Crippen LogP contribution is 2.33. The van der Waals surface area contributed by atoms with Gasteiger partial charge in [-0.15, -0.1) is 0 Å². The molecule has 0 atom stereocenters. The number of nitrogen functional groups attached to an aromatic ring is 1. The Morgan fingerprint density at radius 3 is 2.39 bits per heavy atom. The Labute approximate surface area is 148 Å². The van der Waals surface area contributed by atoms with Gasteiger partial charge in [0.2, 0.25) is 0 Å². The highest BCUT2D eigenvalue weighted by atomic mass is 79.9. The van der Waals surface area contributed by atoms with Crippen LogP contribution in [0.25, 0.3) is 0 Å². The number of nitrogens with one attached hydrogen (secondary N) is 2. The lowest BCUT2D eigenvalue weighted by Gasteiger charge is -2.16. The van der Waals surface area contributed by atoms with Gasteiger partial charge < -0.3 is 16.4 Å². The molecule has 3 aromatic carbocycles. The Balaban J connectivity index is 1.93. The van der Waals surface area contributed by atoms with E-state index in [9.17, 15) is 0 Å². The molecule has 3 aromatic rings. The minimum atomic E-state index is 0.689. The van der Waals surface area contributed by atoms with Crippen molar-refractivity contribution in [3.63, 3.8) is 0 Å². The van der Waals surface area contributed by atoms with Gasteiger partial charge in [0.15, 0.2) is 0 Å². The van der Waals surface area contributed by atoms with Crippen molar-refractivity contribution in [1.82, 2.24) is 0 Å². The van der Waals surface area contributed by atoms with Crippen LogP contribution in [0.3, 0.4) is 0 Å². The topological polar surface area (TPSA) is 50.1 Å². The normalized spacial score (nSPS) is 10.3. The molecule has 0 amide bonds. The molecule has 0 aliphatic carbocycles. The number of hydrogen-bond acceptors (Lipinski definition) is 3. The summed E-state index contributed by atoms with van der Waals surface area (Å²) in [7, 11) is 0. The van der Waals surface area contributed by atoms with E-state index in [1.807, 2.05) is 66.7 Å². The lowest BCUT2D eigenvalue weighted by Crippen LogP contribution is -2.00. The van der Waals surface area contributed by atoms with Gasteiger partial charge in [-0.2, -0.15) is 0 Å². The SMILES string of the molecule is Nc1ccccc1Nc1cc(Br)ccc1Nc1cccc(Cl)c1. The third kappa shape index (κ3) is 3.97. The minimum absolute atomic E-state index is 0.689. The molecule has 0 aliphatic rings. The maximum absolute atomic E-state index is 6.05. The molecule has 116 valence electrons. The predicted molar refractivity (Wildman–Crippen MR) is 103 cm³/mol. The fourth-order valence-electron chi connectivity index (χ4n) is 2.21. The van der Waals surface area contributed by atoms with Crippen molar-refractivity contribution in [2.75, 3.05) is 16.4 Å². The first-order valence-corrected chi connectivity index (χ1v) is 8.22. The number of hydrogen-bond donors (Lipinski definition) is 3. The quantitative estimate of drug-likeness (QED) is 0.468. The third-order valence-electron chi connectivity index (χ3n) is 3.32. The summed E-state index contributed by atoms with van der Waals surface area (Å²) in [4.78, 5) is 0. The summed E-state index contributed by atoms with van der Waals surface area (Å²) in [5.41, 5.74) is 10.3. The van der Waals surface area contributed by atoms with E-state index in [0.717, 1.165) is 27.2 Å². The van der Waals surface area contributed by atoms with Crippen LogP contribution < -0.4 is 16.4 Å². The Hall–Kier alpha value is -2.17. The van der Waals surface area contributed by atoms with E-state index in [-0.39, 0.29) is 0 Å². The highest BCUT2D eigenvalue weighted by Gasteiger charge is 2.06. The lowest BCUT2D eigenvalue weighted by molar-refractivity contribution is 1.49. The molecule has 0 spiro atoms. The van der Waals surface area contributed by atoms with E-state index < -0.39 is 0 Å². The average Bonchev–Trinajstić information content (AvgIpc) is 2.52. The van der Waals surface area contributed by atoms with Gasteiger partial charge >= 0.3 is 0 Å². The minimum Gasteiger partial charge on any atom is -0.397 e. The van der Waals surface area contributed by atoms with E-state index in [1.165, 1.54) is 0 Å². The summed E-state index contributed by atoms with van der Waals surface area (Å²) >= 11 is 9.55. The fourth-order valence-corrected chi connectivity index (χ4v) is 2.76. The molecule has 0 fully saturated rings. The molecule has 3 nitrogen and oxygen atoms in total. The number of para-hydroxylation sites is 2. The van der Waals surface area contributed by atoms with Crippen molar-refractivity contribution >= 4 is 56.0 Å². The molecule has 0 radical (unpaired) electrons. The molecule has 4 N–H and O–H groups in total. The Morgan fingerprint density at radius 2 is 1.61 bits per heavy atom. The molecule has 23 heavy (non-hydrogen) atoms. The largest absolute Gasteiger partial charge is 0.397 e. The maximum atomic E-state index is 6.05. The zero-order valence-corrected chi connectivity index (χ0v) is 14.5. The number of nitrogens with two attached hydrogens (primary N) is 1. The third-order valence-corrected chi connectivity index (χ3v) is 4.04. The van der Waals surface area contributed by atoms with Gasteiger partial charge in [0, 0.05) is 15.2 Å². The number of anilines is 5. The van der Waals surface area contributed by atoms with Crippen LogP contribution in [0.4, 0.5) is 28.4 Å². The maximum Gasteiger partial charge on any atom is 0.0635 e. The standard InChI is InChI=1S/C18H15BrClN3/c19-12-8-9-17(22-14-5-3-4-13(20)11-14)18(10-12)23-16-7-2-1-6-15(16)21/h1-11,22-23H,21H2. The Morgan fingerprint density at radius 1 is 0.783 bits per heavy atom. The van der Waals surface area contributed by atoms with Crippen molar-refractivity contribution < 1.29 is 0 Å². The number of rotatable bonds is 4. The number of halogens is 2. The zero-order valence-electron chi connectivity index (χ0n) is 12.2. The van der Waals surface area contributed by atoms with Crippen molar-refractivity contribution in [1.29, 1.82) is 0 Å². The van der Waals surface area contributed by atoms with Crippen LogP contribution in [0.15, 0.2) is 71.2 Å². The first-order valence-electron chi connectivity index (χ1n) is 7.05. The second kappa shape index (κ2) is 6.94. The first kappa shape index (κ1) is 15.7. The summed E-state index contributed by atoms with van der Waals surface area (Å²) in [6.45, 7) is 0. The second-order valence-electron chi connectivity index (χ2n) is 5.04. The summed E-state index contributed by atoms with van der Waals surface area (Å²) in [6.07, 6.45) is 0. The Bertz CT molecular complexity index is 836. The van der Waals surface area contributed by atoms with Gasteiger partial charge in [-0.1, -0.05) is 45.7 Å². The Kier molecular flexibility index (Phi) is 4.74. The first-order chi connectivity index (χ1) is 11.1. The summed E-state index contributed by atoms with van der Waals surface area (Å²) in [5.74, 6) is 0.